The van der Waals surface area contributed by atoms with Gasteiger partial charge in [-0.15, -0.1) is 0 Å². The van der Waals surface area contributed by atoms with E-state index in [4.69, 9.17) is 9.47 Å². The van der Waals surface area contributed by atoms with Crippen LogP contribution in [0.4, 0.5) is 10.5 Å². The molecule has 0 atom stereocenters. The van der Waals surface area contributed by atoms with Crippen LogP contribution in [0.25, 0.3) is 0 Å². The molecule has 0 saturated carbocycles. The molecule has 4 nitrogen and oxygen atoms in total. The minimum absolute atomic E-state index is 0.393. The Bertz CT molecular complexity index is 475. The van der Waals surface area contributed by atoms with E-state index in [-0.39, 0.29) is 0 Å². The summed E-state index contributed by atoms with van der Waals surface area (Å²) < 4.78 is 10.7. The molecule has 0 aliphatic rings. The number of anilines is 1. The van der Waals surface area contributed by atoms with E-state index in [0.717, 1.165) is 11.1 Å². The van der Waals surface area contributed by atoms with Gasteiger partial charge in [-0.1, -0.05) is 6.07 Å². The Morgan fingerprint density at radius 2 is 1.79 bits per heavy atom. The highest BCUT2D eigenvalue weighted by atomic mass is 16.6. The standard InChI is InChI=1S/C15H23NO3/c1-10-8-11(2)13(18-7)12(9-10)16(6)14(17)19-15(3,4)5/h8-9H,1-7H3. The molecule has 0 radical (unpaired) electrons. The molecule has 0 aliphatic carbocycles. The predicted molar refractivity (Wildman–Crippen MR) is 77.1 cm³/mol. The average molecular weight is 265 g/mol. The molecule has 0 aliphatic heterocycles. The summed E-state index contributed by atoms with van der Waals surface area (Å²) in [4.78, 5) is 13.6. The van der Waals surface area contributed by atoms with Gasteiger partial charge in [0.05, 0.1) is 12.8 Å². The molecule has 0 N–H and O–H groups in total. The molecule has 0 saturated heterocycles. The smallest absolute Gasteiger partial charge is 0.414 e. The topological polar surface area (TPSA) is 38.8 Å². The fraction of sp³-hybridized carbons (Fsp3) is 0.533. The molecule has 4 heteroatoms. The van der Waals surface area contributed by atoms with Gasteiger partial charge in [0, 0.05) is 7.05 Å². The van der Waals surface area contributed by atoms with Gasteiger partial charge in [0.15, 0.2) is 0 Å². The molecule has 0 aromatic heterocycles. The second kappa shape index (κ2) is 5.51. The average Bonchev–Trinajstić information content (AvgIpc) is 2.24. The van der Waals surface area contributed by atoms with E-state index < -0.39 is 11.7 Å². The van der Waals surface area contributed by atoms with Crippen LogP contribution < -0.4 is 9.64 Å². The number of ether oxygens (including phenoxy) is 2. The first kappa shape index (κ1) is 15.3. The number of hydrogen-bond acceptors (Lipinski definition) is 3. The third-order valence-corrected chi connectivity index (χ3v) is 2.63. The van der Waals surface area contributed by atoms with Gasteiger partial charge in [0.1, 0.15) is 11.4 Å². The van der Waals surface area contributed by atoms with Crippen molar-refractivity contribution in [3.8, 4) is 5.75 Å². The van der Waals surface area contributed by atoms with E-state index in [2.05, 4.69) is 0 Å². The molecule has 1 rings (SSSR count). The van der Waals surface area contributed by atoms with E-state index in [9.17, 15) is 4.79 Å². The number of carbonyl (C=O) groups is 1. The van der Waals surface area contributed by atoms with Gasteiger partial charge in [-0.3, -0.25) is 4.90 Å². The second-order valence-corrected chi connectivity index (χ2v) is 5.67. The Balaban J connectivity index is 3.12. The van der Waals surface area contributed by atoms with Gasteiger partial charge >= 0.3 is 6.09 Å². The van der Waals surface area contributed by atoms with Gasteiger partial charge in [-0.25, -0.2) is 4.79 Å². The van der Waals surface area contributed by atoms with Crippen molar-refractivity contribution >= 4 is 11.8 Å². The van der Waals surface area contributed by atoms with Gasteiger partial charge in [-0.2, -0.15) is 0 Å². The van der Waals surface area contributed by atoms with E-state index in [1.807, 2.05) is 46.8 Å². The van der Waals surface area contributed by atoms with Crippen molar-refractivity contribution < 1.29 is 14.3 Å². The largest absolute Gasteiger partial charge is 0.494 e. The molecular weight excluding hydrogens is 242 g/mol. The van der Waals surface area contributed by atoms with Crippen LogP contribution in [0.5, 0.6) is 5.75 Å². The zero-order chi connectivity index (χ0) is 14.8. The van der Waals surface area contributed by atoms with Crippen molar-refractivity contribution in [2.24, 2.45) is 0 Å². The highest BCUT2D eigenvalue weighted by Crippen LogP contribution is 2.33. The lowest BCUT2D eigenvalue weighted by atomic mass is 10.1. The summed E-state index contributed by atoms with van der Waals surface area (Å²) in [6, 6.07) is 3.93. The normalized spacial score (nSPS) is 11.1. The van der Waals surface area contributed by atoms with Crippen LogP contribution in [0.15, 0.2) is 12.1 Å². The summed E-state index contributed by atoms with van der Waals surface area (Å²) in [7, 11) is 3.29. The minimum Gasteiger partial charge on any atom is -0.494 e. The number of aryl methyl sites for hydroxylation is 2. The first-order valence-electron chi connectivity index (χ1n) is 6.27. The van der Waals surface area contributed by atoms with Crippen molar-refractivity contribution in [2.45, 2.75) is 40.2 Å². The monoisotopic (exact) mass is 265 g/mol. The summed E-state index contributed by atoms with van der Waals surface area (Å²) in [5, 5.41) is 0. The minimum atomic E-state index is -0.516. The number of rotatable bonds is 2. The fourth-order valence-electron chi connectivity index (χ4n) is 1.88. The molecule has 19 heavy (non-hydrogen) atoms. The van der Waals surface area contributed by atoms with Crippen LogP contribution >= 0.6 is 0 Å². The highest BCUT2D eigenvalue weighted by molar-refractivity contribution is 5.89. The van der Waals surface area contributed by atoms with Crippen LogP contribution in [0.2, 0.25) is 0 Å². The molecule has 0 unspecified atom stereocenters. The van der Waals surface area contributed by atoms with Crippen LogP contribution in [-0.2, 0) is 4.74 Å². The van der Waals surface area contributed by atoms with Crippen LogP contribution in [0.1, 0.15) is 31.9 Å². The lowest BCUT2D eigenvalue weighted by Gasteiger charge is -2.26. The van der Waals surface area contributed by atoms with Gasteiger partial charge in [0.25, 0.3) is 0 Å². The summed E-state index contributed by atoms with van der Waals surface area (Å²) in [5.74, 6) is 0.693. The Morgan fingerprint density at radius 1 is 1.21 bits per heavy atom. The van der Waals surface area contributed by atoms with Crippen LogP contribution in [-0.4, -0.2) is 25.9 Å². The third kappa shape index (κ3) is 3.88. The molecular formula is C15H23NO3. The van der Waals surface area contributed by atoms with E-state index in [0.29, 0.717) is 11.4 Å². The van der Waals surface area contributed by atoms with Crippen molar-refractivity contribution in [3.05, 3.63) is 23.3 Å². The molecule has 106 valence electrons. The maximum Gasteiger partial charge on any atom is 0.414 e. The molecule has 1 amide bonds. The summed E-state index contributed by atoms with van der Waals surface area (Å²) in [6.45, 7) is 9.48. The number of hydrogen-bond donors (Lipinski definition) is 0. The first-order chi connectivity index (χ1) is 8.65. The molecule has 0 bridgehead atoms. The van der Waals surface area contributed by atoms with Gasteiger partial charge < -0.3 is 9.47 Å². The number of carbonyl (C=O) groups excluding carboxylic acids is 1. The lowest BCUT2D eigenvalue weighted by Crippen LogP contribution is -2.34. The first-order valence-corrected chi connectivity index (χ1v) is 6.27. The van der Waals surface area contributed by atoms with E-state index in [1.54, 1.807) is 14.2 Å². The lowest BCUT2D eigenvalue weighted by molar-refractivity contribution is 0.0588. The van der Waals surface area contributed by atoms with Crippen molar-refractivity contribution in [1.29, 1.82) is 0 Å². The summed E-state index contributed by atoms with van der Waals surface area (Å²) >= 11 is 0. The van der Waals surface area contributed by atoms with Crippen molar-refractivity contribution in [3.63, 3.8) is 0 Å². The molecule has 0 fully saturated rings. The predicted octanol–water partition coefficient (Wildman–Crippen LogP) is 3.68. The molecule has 0 heterocycles. The number of amides is 1. The van der Waals surface area contributed by atoms with Crippen LogP contribution in [0, 0.1) is 13.8 Å². The number of benzene rings is 1. The SMILES string of the molecule is COc1c(C)cc(C)cc1N(C)C(=O)OC(C)(C)C. The molecule has 0 spiro atoms. The van der Waals surface area contributed by atoms with Crippen LogP contribution in [0.3, 0.4) is 0 Å². The van der Waals surface area contributed by atoms with Gasteiger partial charge in [0.2, 0.25) is 0 Å². The molecule has 1 aromatic carbocycles. The highest BCUT2D eigenvalue weighted by Gasteiger charge is 2.23. The Labute approximate surface area is 115 Å². The van der Waals surface area contributed by atoms with Gasteiger partial charge in [-0.05, 0) is 51.8 Å². The Morgan fingerprint density at radius 3 is 2.26 bits per heavy atom. The maximum atomic E-state index is 12.1. The Kier molecular flexibility index (Phi) is 4.45. The van der Waals surface area contributed by atoms with Crippen molar-refractivity contribution in [2.75, 3.05) is 19.1 Å². The quantitative estimate of drug-likeness (QED) is 0.818. The maximum absolute atomic E-state index is 12.1. The summed E-state index contributed by atoms with van der Waals surface area (Å²) in [5.41, 5.74) is 2.27. The second-order valence-electron chi connectivity index (χ2n) is 5.67. The Hall–Kier alpha value is -1.71. The van der Waals surface area contributed by atoms with E-state index in [1.165, 1.54) is 4.90 Å². The van der Waals surface area contributed by atoms with E-state index >= 15 is 0 Å². The number of nitrogens with zero attached hydrogens (tertiary/aromatic N) is 1. The number of methoxy groups -OCH3 is 1. The summed E-state index contributed by atoms with van der Waals surface area (Å²) in [6.07, 6.45) is -0.393. The molecule has 1 aromatic rings. The third-order valence-electron chi connectivity index (χ3n) is 2.63. The van der Waals surface area contributed by atoms with Crippen molar-refractivity contribution in [1.82, 2.24) is 0 Å². The zero-order valence-electron chi connectivity index (χ0n) is 12.8. The fourth-order valence-corrected chi connectivity index (χ4v) is 1.88. The zero-order valence-corrected chi connectivity index (χ0v) is 12.8.